The van der Waals surface area contributed by atoms with Crippen LogP contribution in [0, 0.1) is 10.1 Å². The van der Waals surface area contributed by atoms with E-state index in [1.54, 1.807) is 0 Å². The zero-order valence-electron chi connectivity index (χ0n) is 10.0. The number of unbranched alkanes of at least 4 members (excludes halogenated alkanes) is 1. The lowest BCUT2D eigenvalue weighted by molar-refractivity contribution is -0.384. The van der Waals surface area contributed by atoms with Crippen molar-refractivity contribution >= 4 is 17.5 Å². The third kappa shape index (κ3) is 2.32. The summed E-state index contributed by atoms with van der Waals surface area (Å²) in [7, 11) is 0. The van der Waals surface area contributed by atoms with Crippen LogP contribution in [0.3, 0.4) is 0 Å². The number of imide groups is 1. The second-order valence-electron chi connectivity index (χ2n) is 4.18. The van der Waals surface area contributed by atoms with Gasteiger partial charge in [-0.15, -0.1) is 0 Å². The van der Waals surface area contributed by atoms with Crippen molar-refractivity contribution in [2.24, 2.45) is 0 Å². The molecule has 0 saturated carbocycles. The van der Waals surface area contributed by atoms with E-state index in [9.17, 15) is 19.7 Å². The molecule has 7 heteroatoms. The summed E-state index contributed by atoms with van der Waals surface area (Å²) in [6, 6.07) is 3.64. The Balaban J connectivity index is 2.26. The van der Waals surface area contributed by atoms with E-state index >= 15 is 0 Å². The zero-order valence-corrected chi connectivity index (χ0v) is 10.0. The van der Waals surface area contributed by atoms with Crippen LogP contribution >= 0.6 is 0 Å². The first-order chi connectivity index (χ1) is 9.06. The van der Waals surface area contributed by atoms with Crippen molar-refractivity contribution in [1.29, 1.82) is 0 Å². The number of rotatable bonds is 5. The largest absolute Gasteiger partial charge is 0.396 e. The van der Waals surface area contributed by atoms with Crippen LogP contribution in [0.15, 0.2) is 18.2 Å². The Morgan fingerprint density at radius 3 is 2.47 bits per heavy atom. The van der Waals surface area contributed by atoms with Crippen molar-refractivity contribution in [3.05, 3.63) is 39.4 Å². The van der Waals surface area contributed by atoms with E-state index in [1.807, 2.05) is 0 Å². The predicted octanol–water partition coefficient (Wildman–Crippen LogP) is 0.963. The van der Waals surface area contributed by atoms with Gasteiger partial charge in [0, 0.05) is 25.3 Å². The number of nitro benzene ring substituents is 1. The van der Waals surface area contributed by atoms with Crippen LogP contribution in [0.5, 0.6) is 0 Å². The maximum Gasteiger partial charge on any atom is 0.270 e. The Kier molecular flexibility index (Phi) is 3.57. The van der Waals surface area contributed by atoms with Gasteiger partial charge in [0.25, 0.3) is 17.5 Å². The highest BCUT2D eigenvalue weighted by molar-refractivity contribution is 6.21. The minimum atomic E-state index is -0.605. The van der Waals surface area contributed by atoms with Gasteiger partial charge < -0.3 is 5.11 Å². The normalized spacial score (nSPS) is 13.8. The number of aliphatic hydroxyl groups is 1. The second-order valence-corrected chi connectivity index (χ2v) is 4.18. The minimum absolute atomic E-state index is 0.00532. The highest BCUT2D eigenvalue weighted by atomic mass is 16.6. The van der Waals surface area contributed by atoms with E-state index in [4.69, 9.17) is 5.11 Å². The van der Waals surface area contributed by atoms with E-state index in [2.05, 4.69) is 0 Å². The number of nitrogens with zero attached hydrogens (tertiary/aromatic N) is 2. The lowest BCUT2D eigenvalue weighted by Gasteiger charge is -2.12. The number of carbonyl (C=O) groups is 2. The van der Waals surface area contributed by atoms with E-state index in [0.29, 0.717) is 12.8 Å². The fourth-order valence-corrected chi connectivity index (χ4v) is 1.98. The van der Waals surface area contributed by atoms with Crippen molar-refractivity contribution < 1.29 is 19.6 Å². The van der Waals surface area contributed by atoms with Crippen molar-refractivity contribution in [3.63, 3.8) is 0 Å². The fraction of sp³-hybridized carbons (Fsp3) is 0.333. The molecule has 0 spiro atoms. The monoisotopic (exact) mass is 264 g/mol. The number of carbonyl (C=O) groups excluding carboxylic acids is 2. The molecule has 1 aromatic rings. The Morgan fingerprint density at radius 2 is 1.84 bits per heavy atom. The Labute approximate surface area is 108 Å². The van der Waals surface area contributed by atoms with Gasteiger partial charge >= 0.3 is 0 Å². The number of hydrogen-bond acceptors (Lipinski definition) is 5. The van der Waals surface area contributed by atoms with Gasteiger partial charge in [-0.25, -0.2) is 0 Å². The van der Waals surface area contributed by atoms with Crippen LogP contribution in [-0.4, -0.2) is 39.9 Å². The van der Waals surface area contributed by atoms with E-state index in [0.717, 1.165) is 11.0 Å². The molecule has 100 valence electrons. The maximum atomic E-state index is 12.0. The number of benzene rings is 1. The van der Waals surface area contributed by atoms with Crippen molar-refractivity contribution in [2.45, 2.75) is 12.8 Å². The molecule has 0 fully saturated rings. The molecule has 2 rings (SSSR count). The first kappa shape index (κ1) is 13.2. The van der Waals surface area contributed by atoms with E-state index in [1.165, 1.54) is 12.1 Å². The standard InChI is InChI=1S/C12H12N2O5/c15-6-2-1-5-13-11(16)9-4-3-8(14(18)19)7-10(9)12(13)17/h3-4,7,15H,1-2,5-6H2. The smallest absolute Gasteiger partial charge is 0.270 e. The average Bonchev–Trinajstić information content (AvgIpc) is 2.63. The van der Waals surface area contributed by atoms with Gasteiger partial charge in [-0.3, -0.25) is 24.6 Å². The molecule has 0 aromatic heterocycles. The summed E-state index contributed by atoms with van der Waals surface area (Å²) < 4.78 is 0. The topological polar surface area (TPSA) is 101 Å². The van der Waals surface area contributed by atoms with Gasteiger partial charge in [-0.2, -0.15) is 0 Å². The average molecular weight is 264 g/mol. The van der Waals surface area contributed by atoms with E-state index < -0.39 is 16.7 Å². The van der Waals surface area contributed by atoms with Crippen LogP contribution in [-0.2, 0) is 0 Å². The molecule has 1 N–H and O–H groups in total. The number of fused-ring (bicyclic) bond motifs is 1. The molecule has 2 amide bonds. The quantitative estimate of drug-likeness (QED) is 0.369. The van der Waals surface area contributed by atoms with Gasteiger partial charge in [0.2, 0.25) is 0 Å². The first-order valence-electron chi connectivity index (χ1n) is 5.81. The second kappa shape index (κ2) is 5.15. The molecule has 1 heterocycles. The highest BCUT2D eigenvalue weighted by Gasteiger charge is 2.36. The molecular weight excluding hydrogens is 252 g/mol. The third-order valence-electron chi connectivity index (χ3n) is 2.95. The summed E-state index contributed by atoms with van der Waals surface area (Å²) >= 11 is 0. The summed E-state index contributed by atoms with van der Waals surface area (Å²) in [5.74, 6) is -0.950. The van der Waals surface area contributed by atoms with Crippen molar-refractivity contribution in [3.8, 4) is 0 Å². The lowest BCUT2D eigenvalue weighted by atomic mass is 10.1. The molecule has 0 aliphatic carbocycles. The number of nitro groups is 1. The van der Waals surface area contributed by atoms with Crippen LogP contribution < -0.4 is 0 Å². The summed E-state index contributed by atoms with van der Waals surface area (Å²) in [5.41, 5.74) is 0.0555. The number of non-ortho nitro benzene ring substituents is 1. The molecule has 1 aromatic carbocycles. The molecule has 0 saturated heterocycles. The molecule has 1 aliphatic heterocycles. The van der Waals surface area contributed by atoms with Gasteiger partial charge in [-0.1, -0.05) is 0 Å². The van der Waals surface area contributed by atoms with Gasteiger partial charge in [-0.05, 0) is 18.9 Å². The molecule has 1 aliphatic rings. The van der Waals surface area contributed by atoms with Crippen LogP contribution in [0.25, 0.3) is 0 Å². The summed E-state index contributed by atoms with van der Waals surface area (Å²) in [6.07, 6.45) is 0.998. The summed E-state index contributed by atoms with van der Waals surface area (Å²) in [6.45, 7) is 0.204. The molecule has 19 heavy (non-hydrogen) atoms. The number of hydrogen-bond donors (Lipinski definition) is 1. The molecular formula is C12H12N2O5. The van der Waals surface area contributed by atoms with Gasteiger partial charge in [0.05, 0.1) is 16.1 Å². The fourth-order valence-electron chi connectivity index (χ4n) is 1.98. The predicted molar refractivity (Wildman–Crippen MR) is 64.8 cm³/mol. The molecule has 0 atom stereocenters. The Morgan fingerprint density at radius 1 is 1.16 bits per heavy atom. The molecule has 7 nitrogen and oxygen atoms in total. The van der Waals surface area contributed by atoms with Gasteiger partial charge in [0.1, 0.15) is 0 Å². The molecule has 0 unspecified atom stereocenters. The van der Waals surface area contributed by atoms with Crippen LogP contribution in [0.1, 0.15) is 33.6 Å². The van der Waals surface area contributed by atoms with Crippen molar-refractivity contribution in [2.75, 3.05) is 13.2 Å². The summed E-state index contributed by atoms with van der Waals surface area (Å²) in [4.78, 5) is 35.1. The molecule has 0 radical (unpaired) electrons. The number of amides is 2. The van der Waals surface area contributed by atoms with Gasteiger partial charge in [0.15, 0.2) is 0 Å². The van der Waals surface area contributed by atoms with E-state index in [-0.39, 0.29) is 30.0 Å². The number of aliphatic hydroxyl groups excluding tert-OH is 1. The maximum absolute atomic E-state index is 12.0. The summed E-state index contributed by atoms with van der Waals surface area (Å²) in [5, 5.41) is 19.3. The molecule has 0 bridgehead atoms. The lowest BCUT2D eigenvalue weighted by Crippen LogP contribution is -2.30. The SMILES string of the molecule is O=C1c2ccc([N+](=O)[O-])cc2C(=O)N1CCCCO. The Bertz CT molecular complexity index is 555. The first-order valence-corrected chi connectivity index (χ1v) is 5.81. The highest BCUT2D eigenvalue weighted by Crippen LogP contribution is 2.26. The Hall–Kier alpha value is -2.28. The zero-order chi connectivity index (χ0) is 14.0. The third-order valence-corrected chi connectivity index (χ3v) is 2.95. The van der Waals surface area contributed by atoms with Crippen LogP contribution in [0.2, 0.25) is 0 Å². The van der Waals surface area contributed by atoms with Crippen LogP contribution in [0.4, 0.5) is 5.69 Å². The van der Waals surface area contributed by atoms with Crippen molar-refractivity contribution in [1.82, 2.24) is 4.90 Å². The minimum Gasteiger partial charge on any atom is -0.396 e.